The van der Waals surface area contributed by atoms with Crippen molar-refractivity contribution in [2.24, 2.45) is 10.8 Å². The van der Waals surface area contributed by atoms with Crippen LogP contribution in [0.2, 0.25) is 0 Å². The molecule has 3 atom stereocenters. The highest BCUT2D eigenvalue weighted by molar-refractivity contribution is 5.76. The Morgan fingerprint density at radius 2 is 1.16 bits per heavy atom. The van der Waals surface area contributed by atoms with Gasteiger partial charge in [0.1, 0.15) is 17.5 Å². The Hall–Kier alpha value is -3.68. The van der Waals surface area contributed by atoms with Crippen molar-refractivity contribution in [3.63, 3.8) is 0 Å². The summed E-state index contributed by atoms with van der Waals surface area (Å²) >= 11 is 0. The van der Waals surface area contributed by atoms with Crippen LogP contribution in [-0.2, 0) is 34.1 Å². The molecular formula is C36H44O7. The van der Waals surface area contributed by atoms with E-state index in [0.29, 0.717) is 6.42 Å². The smallest absolute Gasteiger partial charge is 0.311 e. The number of methoxy groups -OCH3 is 1. The Morgan fingerprint density at radius 3 is 1.63 bits per heavy atom. The topological polar surface area (TPSA) is 80.3 Å². The van der Waals surface area contributed by atoms with Crippen LogP contribution in [0.15, 0.2) is 84.9 Å². The lowest BCUT2D eigenvalue weighted by molar-refractivity contribution is -0.204. The summed E-state index contributed by atoms with van der Waals surface area (Å²) in [7, 11) is 1.64. The zero-order valence-electron chi connectivity index (χ0n) is 26.3. The van der Waals surface area contributed by atoms with Gasteiger partial charge in [0.05, 0.1) is 37.3 Å². The molecule has 3 aromatic rings. The van der Waals surface area contributed by atoms with E-state index in [1.165, 1.54) is 0 Å². The molecule has 0 unspecified atom stereocenters. The van der Waals surface area contributed by atoms with Crippen LogP contribution in [0.1, 0.15) is 64.7 Å². The summed E-state index contributed by atoms with van der Waals surface area (Å²) in [6, 6.07) is 28.0. The second-order valence-electron chi connectivity index (χ2n) is 13.0. The summed E-state index contributed by atoms with van der Waals surface area (Å²) in [5, 5.41) is 0. The predicted octanol–water partition coefficient (Wildman–Crippen LogP) is 6.71. The summed E-state index contributed by atoms with van der Waals surface area (Å²) in [6.07, 6.45) is -1.51. The third-order valence-electron chi connectivity index (χ3n) is 7.49. The highest BCUT2D eigenvalue weighted by atomic mass is 16.6. The van der Waals surface area contributed by atoms with Gasteiger partial charge < -0.3 is 23.7 Å². The van der Waals surface area contributed by atoms with Crippen LogP contribution in [0.5, 0.6) is 5.75 Å². The molecular weight excluding hydrogens is 544 g/mol. The number of carbonyl (C=O) groups excluding carboxylic acids is 2. The standard InChI is InChI=1S/C36H44O7/c1-34(2,3)32(37)42-30-22-29(40-24-31(30)43-33(38)35(4,5)6)23-41-36(25-14-10-8-11-15-25,26-16-12-9-13-17-26)27-18-20-28(39-7)21-19-27/h8-21,29-31H,22-24H2,1-7H3/t29-,30-,31-/m0/s1. The van der Waals surface area contributed by atoms with Gasteiger partial charge in [-0.15, -0.1) is 0 Å². The molecule has 1 aliphatic heterocycles. The Bertz CT molecular complexity index is 1300. The highest BCUT2D eigenvalue weighted by Crippen LogP contribution is 2.41. The summed E-state index contributed by atoms with van der Waals surface area (Å²) in [4.78, 5) is 25.7. The first-order chi connectivity index (χ1) is 20.3. The first-order valence-corrected chi connectivity index (χ1v) is 14.8. The average Bonchev–Trinajstić information content (AvgIpc) is 2.99. The van der Waals surface area contributed by atoms with Crippen LogP contribution < -0.4 is 4.74 Å². The van der Waals surface area contributed by atoms with Crippen molar-refractivity contribution in [2.45, 2.75) is 71.9 Å². The van der Waals surface area contributed by atoms with E-state index < -0.39 is 34.7 Å². The van der Waals surface area contributed by atoms with Gasteiger partial charge >= 0.3 is 11.9 Å². The molecule has 0 aliphatic carbocycles. The van der Waals surface area contributed by atoms with Crippen molar-refractivity contribution in [2.75, 3.05) is 20.3 Å². The van der Waals surface area contributed by atoms with Crippen molar-refractivity contribution in [1.82, 2.24) is 0 Å². The van der Waals surface area contributed by atoms with Crippen LogP contribution in [0, 0.1) is 10.8 Å². The van der Waals surface area contributed by atoms with Crippen LogP contribution >= 0.6 is 0 Å². The van der Waals surface area contributed by atoms with Crippen LogP contribution in [-0.4, -0.2) is 50.6 Å². The minimum atomic E-state index is -0.967. The number of benzene rings is 3. The Morgan fingerprint density at radius 1 is 0.698 bits per heavy atom. The summed E-state index contributed by atoms with van der Waals surface area (Å²) in [6.45, 7) is 11.0. The van der Waals surface area contributed by atoms with Crippen LogP contribution in [0.4, 0.5) is 0 Å². The molecule has 1 saturated heterocycles. The zero-order chi connectivity index (χ0) is 31.3. The molecule has 1 heterocycles. The molecule has 0 saturated carbocycles. The maximum Gasteiger partial charge on any atom is 0.311 e. The molecule has 0 amide bonds. The van der Waals surface area contributed by atoms with Gasteiger partial charge in [-0.05, 0) is 70.4 Å². The highest BCUT2D eigenvalue weighted by Gasteiger charge is 2.43. The Labute approximate surface area is 255 Å². The molecule has 3 aromatic carbocycles. The lowest BCUT2D eigenvalue weighted by Crippen LogP contribution is -2.50. The fourth-order valence-electron chi connectivity index (χ4n) is 4.94. The fourth-order valence-corrected chi connectivity index (χ4v) is 4.94. The van der Waals surface area contributed by atoms with Gasteiger partial charge in [-0.3, -0.25) is 9.59 Å². The average molecular weight is 589 g/mol. The van der Waals surface area contributed by atoms with Gasteiger partial charge in [0.2, 0.25) is 0 Å². The molecule has 0 aromatic heterocycles. The predicted molar refractivity (Wildman–Crippen MR) is 165 cm³/mol. The molecule has 0 bridgehead atoms. The van der Waals surface area contributed by atoms with Crippen molar-refractivity contribution >= 4 is 11.9 Å². The van der Waals surface area contributed by atoms with E-state index in [-0.39, 0.29) is 25.2 Å². The molecule has 1 aliphatic rings. The van der Waals surface area contributed by atoms with E-state index in [9.17, 15) is 9.59 Å². The third kappa shape index (κ3) is 7.64. The second kappa shape index (κ2) is 13.3. The fraction of sp³-hybridized carbons (Fsp3) is 0.444. The quantitative estimate of drug-likeness (QED) is 0.203. The molecule has 4 rings (SSSR count). The Balaban J connectivity index is 1.67. The summed E-state index contributed by atoms with van der Waals surface area (Å²) in [5.41, 5.74) is 0.444. The molecule has 0 radical (unpaired) electrons. The molecule has 0 N–H and O–H groups in total. The maximum absolute atomic E-state index is 12.9. The molecule has 7 heteroatoms. The van der Waals surface area contributed by atoms with Crippen LogP contribution in [0.3, 0.4) is 0 Å². The van der Waals surface area contributed by atoms with E-state index in [1.807, 2.05) is 60.7 Å². The monoisotopic (exact) mass is 588 g/mol. The van der Waals surface area contributed by atoms with E-state index in [2.05, 4.69) is 24.3 Å². The van der Waals surface area contributed by atoms with Crippen molar-refractivity contribution in [3.8, 4) is 5.75 Å². The van der Waals surface area contributed by atoms with Crippen molar-refractivity contribution in [1.29, 1.82) is 0 Å². The van der Waals surface area contributed by atoms with Crippen molar-refractivity contribution in [3.05, 3.63) is 102 Å². The minimum Gasteiger partial charge on any atom is -0.497 e. The Kier molecular flexibility index (Phi) is 9.98. The van der Waals surface area contributed by atoms with E-state index >= 15 is 0 Å². The van der Waals surface area contributed by atoms with Crippen LogP contribution in [0.25, 0.3) is 0 Å². The first kappa shape index (κ1) is 32.2. The number of hydrogen-bond donors (Lipinski definition) is 0. The molecule has 0 spiro atoms. The van der Waals surface area contributed by atoms with Gasteiger partial charge in [-0.25, -0.2) is 0 Å². The lowest BCUT2D eigenvalue weighted by atomic mass is 9.80. The number of esters is 2. The molecule has 1 fully saturated rings. The van der Waals surface area contributed by atoms with Gasteiger partial charge in [-0.2, -0.15) is 0 Å². The lowest BCUT2D eigenvalue weighted by Gasteiger charge is -2.40. The SMILES string of the molecule is COc1ccc(C(OC[C@@H]2C[C@H](OC(=O)C(C)(C)C)[C@@H](OC(=O)C(C)(C)C)CO2)(c2ccccc2)c2ccccc2)cc1. The molecule has 230 valence electrons. The van der Waals surface area contributed by atoms with Gasteiger partial charge in [0.15, 0.2) is 6.10 Å². The van der Waals surface area contributed by atoms with Gasteiger partial charge in [0.25, 0.3) is 0 Å². The normalized spacial score (nSPS) is 19.4. The van der Waals surface area contributed by atoms with Gasteiger partial charge in [-0.1, -0.05) is 72.8 Å². The van der Waals surface area contributed by atoms with Crippen molar-refractivity contribution < 1.29 is 33.3 Å². The van der Waals surface area contributed by atoms with E-state index in [0.717, 1.165) is 22.4 Å². The van der Waals surface area contributed by atoms with E-state index in [1.54, 1.807) is 48.7 Å². The summed E-state index contributed by atoms with van der Waals surface area (Å²) in [5.74, 6) is 0.00468. The number of rotatable bonds is 9. The third-order valence-corrected chi connectivity index (χ3v) is 7.49. The molecule has 7 nitrogen and oxygen atoms in total. The minimum absolute atomic E-state index is 0.0874. The molecule has 43 heavy (non-hydrogen) atoms. The zero-order valence-corrected chi connectivity index (χ0v) is 26.3. The largest absolute Gasteiger partial charge is 0.497 e. The first-order valence-electron chi connectivity index (χ1n) is 14.8. The number of carbonyl (C=O) groups is 2. The van der Waals surface area contributed by atoms with E-state index in [4.69, 9.17) is 23.7 Å². The second-order valence-corrected chi connectivity index (χ2v) is 13.0. The number of ether oxygens (including phenoxy) is 5. The summed E-state index contributed by atoms with van der Waals surface area (Å²) < 4.78 is 30.4. The maximum atomic E-state index is 12.9. The number of hydrogen-bond acceptors (Lipinski definition) is 7. The van der Waals surface area contributed by atoms with Gasteiger partial charge in [0, 0.05) is 6.42 Å².